The number of nitrogens with zero attached hydrogens (tertiary/aromatic N) is 3. The van der Waals surface area contributed by atoms with Gasteiger partial charge in [0.05, 0.1) is 5.37 Å². The first-order valence-corrected chi connectivity index (χ1v) is 6.92. The molecule has 0 saturated carbocycles. The molecule has 1 fully saturated rings. The Labute approximate surface area is 112 Å². The molecule has 2 atom stereocenters. The molecule has 0 spiro atoms. The number of rotatable bonds is 4. The molecule has 1 aliphatic rings. The SMILES string of the molecule is CC1SCC(C(=O)O)N1C(=O)N(C)CCN(C)C. The number of urea groups is 1. The Bertz CT molecular complexity index is 325. The van der Waals surface area contributed by atoms with Crippen molar-refractivity contribution >= 4 is 23.8 Å². The predicted molar refractivity (Wildman–Crippen MR) is 71.8 cm³/mol. The highest BCUT2D eigenvalue weighted by Crippen LogP contribution is 2.29. The van der Waals surface area contributed by atoms with E-state index in [0.717, 1.165) is 6.54 Å². The molecule has 0 aromatic heterocycles. The highest BCUT2D eigenvalue weighted by Gasteiger charge is 2.40. The molecule has 1 aliphatic heterocycles. The smallest absolute Gasteiger partial charge is 0.327 e. The minimum Gasteiger partial charge on any atom is -0.480 e. The van der Waals surface area contributed by atoms with Gasteiger partial charge in [0.25, 0.3) is 0 Å². The van der Waals surface area contributed by atoms with E-state index in [0.29, 0.717) is 12.3 Å². The maximum atomic E-state index is 12.2. The van der Waals surface area contributed by atoms with E-state index in [1.54, 1.807) is 11.9 Å². The summed E-state index contributed by atoms with van der Waals surface area (Å²) in [4.78, 5) is 28.4. The van der Waals surface area contributed by atoms with E-state index in [1.807, 2.05) is 25.9 Å². The van der Waals surface area contributed by atoms with Crippen LogP contribution >= 0.6 is 11.8 Å². The van der Waals surface area contributed by atoms with E-state index >= 15 is 0 Å². The van der Waals surface area contributed by atoms with E-state index in [9.17, 15) is 9.59 Å². The molecule has 2 unspecified atom stereocenters. The fourth-order valence-corrected chi connectivity index (χ4v) is 2.93. The molecule has 0 aromatic rings. The van der Waals surface area contributed by atoms with Gasteiger partial charge in [-0.3, -0.25) is 4.90 Å². The van der Waals surface area contributed by atoms with E-state index in [2.05, 4.69) is 0 Å². The van der Waals surface area contributed by atoms with Crippen LogP contribution in [0.5, 0.6) is 0 Å². The monoisotopic (exact) mass is 275 g/mol. The number of carbonyl (C=O) groups is 2. The number of amides is 2. The summed E-state index contributed by atoms with van der Waals surface area (Å²) < 4.78 is 0. The number of hydrogen-bond acceptors (Lipinski definition) is 4. The van der Waals surface area contributed by atoms with Crippen molar-refractivity contribution in [1.82, 2.24) is 14.7 Å². The zero-order chi connectivity index (χ0) is 13.9. The van der Waals surface area contributed by atoms with Crippen LogP contribution in [0.3, 0.4) is 0 Å². The predicted octanol–water partition coefficient (Wildman–Crippen LogP) is 0.448. The summed E-state index contributed by atoms with van der Waals surface area (Å²) in [5.41, 5.74) is 0. The van der Waals surface area contributed by atoms with Crippen LogP contribution in [0.4, 0.5) is 4.79 Å². The van der Waals surface area contributed by atoms with Crippen molar-refractivity contribution < 1.29 is 14.7 Å². The summed E-state index contributed by atoms with van der Waals surface area (Å²) in [6.45, 7) is 3.21. The van der Waals surface area contributed by atoms with Crippen molar-refractivity contribution in [2.45, 2.75) is 18.3 Å². The van der Waals surface area contributed by atoms with Crippen LogP contribution in [-0.4, -0.2) is 83.2 Å². The van der Waals surface area contributed by atoms with Crippen molar-refractivity contribution in [3.63, 3.8) is 0 Å². The van der Waals surface area contributed by atoms with Crippen molar-refractivity contribution in [1.29, 1.82) is 0 Å². The number of likely N-dealkylation sites (N-methyl/N-ethyl adjacent to an activating group) is 2. The van der Waals surface area contributed by atoms with Crippen molar-refractivity contribution in [3.8, 4) is 0 Å². The zero-order valence-corrected chi connectivity index (χ0v) is 12.1. The summed E-state index contributed by atoms with van der Waals surface area (Å²) in [5.74, 6) is -0.467. The van der Waals surface area contributed by atoms with Gasteiger partial charge < -0.3 is 14.9 Å². The molecule has 0 bridgehead atoms. The molecule has 0 radical (unpaired) electrons. The first-order chi connectivity index (χ1) is 8.34. The van der Waals surface area contributed by atoms with Crippen LogP contribution in [0, 0.1) is 0 Å². The molecular weight excluding hydrogens is 254 g/mol. The fraction of sp³-hybridized carbons (Fsp3) is 0.818. The second-order valence-corrected chi connectivity index (χ2v) is 6.05. The Morgan fingerprint density at radius 3 is 2.44 bits per heavy atom. The van der Waals surface area contributed by atoms with Gasteiger partial charge in [-0.2, -0.15) is 0 Å². The lowest BCUT2D eigenvalue weighted by Gasteiger charge is -2.30. The van der Waals surface area contributed by atoms with E-state index in [4.69, 9.17) is 5.11 Å². The highest BCUT2D eigenvalue weighted by atomic mass is 32.2. The van der Waals surface area contributed by atoms with Crippen molar-refractivity contribution in [3.05, 3.63) is 0 Å². The zero-order valence-electron chi connectivity index (χ0n) is 11.3. The van der Waals surface area contributed by atoms with Crippen LogP contribution in [0.15, 0.2) is 0 Å². The molecule has 104 valence electrons. The molecule has 7 heteroatoms. The van der Waals surface area contributed by atoms with Gasteiger partial charge in [-0.25, -0.2) is 9.59 Å². The van der Waals surface area contributed by atoms with E-state index in [1.165, 1.54) is 16.7 Å². The van der Waals surface area contributed by atoms with Gasteiger partial charge in [0.15, 0.2) is 0 Å². The second-order valence-electron chi connectivity index (χ2n) is 4.70. The Balaban J connectivity index is 2.65. The average Bonchev–Trinajstić information content (AvgIpc) is 2.67. The second kappa shape index (κ2) is 6.29. The van der Waals surface area contributed by atoms with Gasteiger partial charge in [-0.1, -0.05) is 0 Å². The molecular formula is C11H21N3O3S. The molecule has 2 amide bonds. The third-order valence-corrected chi connectivity index (χ3v) is 4.16. The summed E-state index contributed by atoms with van der Waals surface area (Å²) >= 11 is 1.50. The molecule has 1 heterocycles. The quantitative estimate of drug-likeness (QED) is 0.807. The number of carboxylic acid groups (broad SMARTS) is 1. The van der Waals surface area contributed by atoms with Gasteiger partial charge in [0.2, 0.25) is 0 Å². The van der Waals surface area contributed by atoms with Gasteiger partial charge in [0, 0.05) is 25.9 Å². The summed E-state index contributed by atoms with van der Waals surface area (Å²) in [5, 5.41) is 9.03. The van der Waals surface area contributed by atoms with Crippen LogP contribution < -0.4 is 0 Å². The summed E-state index contributed by atoms with van der Waals surface area (Å²) in [7, 11) is 5.58. The average molecular weight is 275 g/mol. The number of carbonyl (C=O) groups excluding carboxylic acids is 1. The molecule has 1 N–H and O–H groups in total. The maximum Gasteiger partial charge on any atom is 0.327 e. The lowest BCUT2D eigenvalue weighted by molar-refractivity contribution is -0.141. The van der Waals surface area contributed by atoms with Crippen LogP contribution in [-0.2, 0) is 4.79 Å². The maximum absolute atomic E-state index is 12.2. The third kappa shape index (κ3) is 3.52. The van der Waals surface area contributed by atoms with Crippen LogP contribution in [0.2, 0.25) is 0 Å². The number of hydrogen-bond donors (Lipinski definition) is 1. The van der Waals surface area contributed by atoms with Crippen molar-refractivity contribution in [2.75, 3.05) is 40.0 Å². The Morgan fingerprint density at radius 1 is 1.33 bits per heavy atom. The normalized spacial score (nSPS) is 23.5. The number of aliphatic carboxylic acids is 1. The molecule has 0 aromatic carbocycles. The highest BCUT2D eigenvalue weighted by molar-refractivity contribution is 8.00. The lowest BCUT2D eigenvalue weighted by atomic mass is 10.3. The van der Waals surface area contributed by atoms with Crippen molar-refractivity contribution in [2.24, 2.45) is 0 Å². The Hall–Kier alpha value is -0.950. The molecule has 1 rings (SSSR count). The topological polar surface area (TPSA) is 64.1 Å². The van der Waals surface area contributed by atoms with Gasteiger partial charge in [0.1, 0.15) is 6.04 Å². The van der Waals surface area contributed by atoms with Gasteiger partial charge in [-0.05, 0) is 21.0 Å². The lowest BCUT2D eigenvalue weighted by Crippen LogP contribution is -2.51. The minimum atomic E-state index is -0.929. The Morgan fingerprint density at radius 2 is 1.94 bits per heavy atom. The van der Waals surface area contributed by atoms with Gasteiger partial charge >= 0.3 is 12.0 Å². The molecule has 18 heavy (non-hydrogen) atoms. The minimum absolute atomic E-state index is 0.0830. The largest absolute Gasteiger partial charge is 0.480 e. The van der Waals surface area contributed by atoms with Gasteiger partial charge in [-0.15, -0.1) is 11.8 Å². The Kier molecular flexibility index (Phi) is 5.28. The standard InChI is InChI=1S/C11H21N3O3S/c1-8-14(9(7-18-8)10(15)16)11(17)13(4)6-5-12(2)3/h8-9H,5-7H2,1-4H3,(H,15,16). The first-order valence-electron chi connectivity index (χ1n) is 5.87. The molecule has 1 saturated heterocycles. The third-order valence-electron chi connectivity index (χ3n) is 2.94. The van der Waals surface area contributed by atoms with E-state index < -0.39 is 12.0 Å². The number of thioether (sulfide) groups is 1. The fourth-order valence-electron chi connectivity index (χ4n) is 1.77. The molecule has 6 nitrogen and oxygen atoms in total. The molecule has 0 aliphatic carbocycles. The summed E-state index contributed by atoms with van der Waals surface area (Å²) in [6.07, 6.45) is 0. The van der Waals surface area contributed by atoms with E-state index in [-0.39, 0.29) is 11.4 Å². The number of carboxylic acids is 1. The van der Waals surface area contributed by atoms with Crippen LogP contribution in [0.1, 0.15) is 6.92 Å². The summed E-state index contributed by atoms with van der Waals surface area (Å²) in [6, 6.07) is -0.916. The first kappa shape index (κ1) is 15.1. The van der Waals surface area contributed by atoms with Crippen LogP contribution in [0.25, 0.3) is 0 Å².